The Kier molecular flexibility index (Phi) is 5.09. The molecular formula is C20H17N3O3. The summed E-state index contributed by atoms with van der Waals surface area (Å²) in [6.07, 6.45) is 0. The fourth-order valence-corrected chi connectivity index (χ4v) is 2.92. The van der Waals surface area contributed by atoms with Crippen molar-refractivity contribution < 1.29 is 9.53 Å². The van der Waals surface area contributed by atoms with E-state index in [1.54, 1.807) is 49.4 Å². The zero-order chi connectivity index (χ0) is 18.5. The Morgan fingerprint density at radius 1 is 1.19 bits per heavy atom. The van der Waals surface area contributed by atoms with Crippen molar-refractivity contribution in [1.29, 1.82) is 5.26 Å². The van der Waals surface area contributed by atoms with E-state index < -0.39 is 23.4 Å². The van der Waals surface area contributed by atoms with Gasteiger partial charge >= 0.3 is 5.97 Å². The lowest BCUT2D eigenvalue weighted by molar-refractivity contribution is -0.146. The summed E-state index contributed by atoms with van der Waals surface area (Å²) in [4.78, 5) is 32.3. The molecule has 2 unspecified atom stereocenters. The maximum Gasteiger partial charge on any atom is 0.324 e. The van der Waals surface area contributed by atoms with Gasteiger partial charge in [-0.05, 0) is 24.6 Å². The topological polar surface area (TPSA) is 95.8 Å². The Labute approximate surface area is 150 Å². The van der Waals surface area contributed by atoms with Crippen LogP contribution in [0.1, 0.15) is 24.1 Å². The molecule has 6 nitrogen and oxygen atoms in total. The SMILES string of the molecule is CCOC(=O)C(C#N)C(c1ccccc1)c1nc2ccccc2[nH]c1=O. The van der Waals surface area contributed by atoms with E-state index in [4.69, 9.17) is 4.74 Å². The van der Waals surface area contributed by atoms with E-state index in [2.05, 4.69) is 9.97 Å². The summed E-state index contributed by atoms with van der Waals surface area (Å²) < 4.78 is 5.04. The first-order valence-corrected chi connectivity index (χ1v) is 8.26. The number of hydrogen-bond donors (Lipinski definition) is 1. The van der Waals surface area contributed by atoms with Gasteiger partial charge in [0.25, 0.3) is 5.56 Å². The van der Waals surface area contributed by atoms with Crippen LogP contribution in [0.4, 0.5) is 0 Å². The van der Waals surface area contributed by atoms with Crippen molar-refractivity contribution in [2.75, 3.05) is 6.61 Å². The number of esters is 1. The van der Waals surface area contributed by atoms with Crippen LogP contribution in [0.15, 0.2) is 59.4 Å². The maximum absolute atomic E-state index is 12.7. The van der Waals surface area contributed by atoms with Gasteiger partial charge in [0.1, 0.15) is 5.69 Å². The van der Waals surface area contributed by atoms with E-state index in [-0.39, 0.29) is 12.3 Å². The molecule has 1 aromatic heterocycles. The molecule has 130 valence electrons. The van der Waals surface area contributed by atoms with Crippen LogP contribution in [-0.4, -0.2) is 22.5 Å². The molecule has 3 aromatic rings. The van der Waals surface area contributed by atoms with Crippen molar-refractivity contribution >= 4 is 17.0 Å². The van der Waals surface area contributed by atoms with Gasteiger partial charge in [-0.25, -0.2) is 4.98 Å². The first-order chi connectivity index (χ1) is 12.7. The number of nitrogens with one attached hydrogen (secondary N) is 1. The minimum Gasteiger partial charge on any atom is -0.465 e. The number of nitriles is 1. The standard InChI is InChI=1S/C20H17N3O3/c1-2-26-20(25)14(12-21)17(13-8-4-3-5-9-13)18-19(24)23-16-11-7-6-10-15(16)22-18/h3-11,14,17H,2H2,1H3,(H,23,24). The Morgan fingerprint density at radius 2 is 1.88 bits per heavy atom. The van der Waals surface area contributed by atoms with Crippen molar-refractivity contribution in [2.24, 2.45) is 5.92 Å². The molecule has 6 heteroatoms. The van der Waals surface area contributed by atoms with Gasteiger partial charge in [0.05, 0.1) is 29.6 Å². The van der Waals surface area contributed by atoms with Crippen molar-refractivity contribution in [3.63, 3.8) is 0 Å². The number of para-hydroxylation sites is 2. The number of benzene rings is 2. The van der Waals surface area contributed by atoms with Crippen LogP contribution in [0.3, 0.4) is 0 Å². The lowest BCUT2D eigenvalue weighted by atomic mass is 9.84. The molecule has 0 bridgehead atoms. The lowest BCUT2D eigenvalue weighted by Gasteiger charge is -2.20. The molecule has 0 amide bonds. The van der Waals surface area contributed by atoms with Gasteiger partial charge in [-0.3, -0.25) is 9.59 Å². The van der Waals surface area contributed by atoms with Gasteiger partial charge in [-0.1, -0.05) is 42.5 Å². The average molecular weight is 347 g/mol. The average Bonchev–Trinajstić information content (AvgIpc) is 2.66. The highest BCUT2D eigenvalue weighted by Gasteiger charge is 2.35. The Morgan fingerprint density at radius 3 is 2.58 bits per heavy atom. The smallest absolute Gasteiger partial charge is 0.324 e. The molecule has 0 saturated heterocycles. The fraction of sp³-hybridized carbons (Fsp3) is 0.200. The summed E-state index contributed by atoms with van der Waals surface area (Å²) in [5, 5.41) is 9.63. The quantitative estimate of drug-likeness (QED) is 0.716. The molecule has 3 rings (SSSR count). The first-order valence-electron chi connectivity index (χ1n) is 8.26. The highest BCUT2D eigenvalue weighted by molar-refractivity contribution is 5.78. The molecule has 2 atom stereocenters. The summed E-state index contributed by atoms with van der Waals surface area (Å²) in [6, 6.07) is 18.0. The molecular weight excluding hydrogens is 330 g/mol. The Bertz CT molecular complexity index is 1020. The number of carbonyl (C=O) groups is 1. The monoisotopic (exact) mass is 347 g/mol. The number of aromatic nitrogens is 2. The highest BCUT2D eigenvalue weighted by Crippen LogP contribution is 2.30. The van der Waals surface area contributed by atoms with Crippen molar-refractivity contribution in [2.45, 2.75) is 12.8 Å². The van der Waals surface area contributed by atoms with Gasteiger partial charge in [0.15, 0.2) is 5.92 Å². The number of aromatic amines is 1. The molecule has 0 saturated carbocycles. The number of fused-ring (bicyclic) bond motifs is 1. The van der Waals surface area contributed by atoms with Gasteiger partial charge < -0.3 is 9.72 Å². The number of nitrogens with zero attached hydrogens (tertiary/aromatic N) is 2. The molecule has 2 aromatic carbocycles. The minimum atomic E-state index is -1.17. The van der Waals surface area contributed by atoms with Crippen LogP contribution < -0.4 is 5.56 Å². The molecule has 1 N–H and O–H groups in total. The Hall–Kier alpha value is -3.46. The summed E-state index contributed by atoms with van der Waals surface area (Å²) >= 11 is 0. The predicted molar refractivity (Wildman–Crippen MR) is 96.4 cm³/mol. The second kappa shape index (κ2) is 7.62. The zero-order valence-electron chi connectivity index (χ0n) is 14.2. The van der Waals surface area contributed by atoms with Gasteiger partial charge in [0.2, 0.25) is 0 Å². The second-order valence-corrected chi connectivity index (χ2v) is 5.72. The van der Waals surface area contributed by atoms with E-state index in [9.17, 15) is 14.9 Å². The maximum atomic E-state index is 12.7. The highest BCUT2D eigenvalue weighted by atomic mass is 16.5. The molecule has 0 aliphatic rings. The van der Waals surface area contributed by atoms with Crippen molar-refractivity contribution in [3.05, 3.63) is 76.2 Å². The van der Waals surface area contributed by atoms with Crippen LogP contribution >= 0.6 is 0 Å². The molecule has 0 fully saturated rings. The third-order valence-electron chi connectivity index (χ3n) is 4.09. The molecule has 1 heterocycles. The van der Waals surface area contributed by atoms with Crippen molar-refractivity contribution in [1.82, 2.24) is 9.97 Å². The van der Waals surface area contributed by atoms with Crippen LogP contribution in [-0.2, 0) is 9.53 Å². The largest absolute Gasteiger partial charge is 0.465 e. The third kappa shape index (κ3) is 3.33. The number of carbonyl (C=O) groups excluding carboxylic acids is 1. The van der Waals surface area contributed by atoms with E-state index in [0.29, 0.717) is 16.6 Å². The van der Waals surface area contributed by atoms with E-state index in [1.165, 1.54) is 0 Å². The lowest BCUT2D eigenvalue weighted by Crippen LogP contribution is -2.29. The van der Waals surface area contributed by atoms with Gasteiger partial charge in [-0.2, -0.15) is 5.26 Å². The van der Waals surface area contributed by atoms with Crippen molar-refractivity contribution in [3.8, 4) is 6.07 Å². The zero-order valence-corrected chi connectivity index (χ0v) is 14.2. The van der Waals surface area contributed by atoms with Gasteiger partial charge in [-0.15, -0.1) is 0 Å². The molecule has 0 aliphatic carbocycles. The first kappa shape index (κ1) is 17.4. The fourth-order valence-electron chi connectivity index (χ4n) is 2.92. The van der Waals surface area contributed by atoms with Gasteiger partial charge in [0, 0.05) is 0 Å². The van der Waals surface area contributed by atoms with Crippen LogP contribution in [0.25, 0.3) is 11.0 Å². The summed E-state index contributed by atoms with van der Waals surface area (Å²) in [6.45, 7) is 1.82. The Balaban J connectivity index is 2.21. The van der Waals surface area contributed by atoms with Crippen LogP contribution in [0, 0.1) is 17.2 Å². The molecule has 0 radical (unpaired) electrons. The van der Waals surface area contributed by atoms with E-state index >= 15 is 0 Å². The normalized spacial score (nSPS) is 12.9. The molecule has 0 spiro atoms. The second-order valence-electron chi connectivity index (χ2n) is 5.72. The summed E-state index contributed by atoms with van der Waals surface area (Å²) in [5.74, 6) is -2.67. The van der Waals surface area contributed by atoms with E-state index in [1.807, 2.05) is 18.2 Å². The third-order valence-corrected chi connectivity index (χ3v) is 4.09. The number of ether oxygens (including phenoxy) is 1. The summed E-state index contributed by atoms with van der Waals surface area (Å²) in [5.41, 5.74) is 1.53. The number of H-pyrrole nitrogens is 1. The summed E-state index contributed by atoms with van der Waals surface area (Å²) in [7, 11) is 0. The minimum absolute atomic E-state index is 0.120. The van der Waals surface area contributed by atoms with Crippen LogP contribution in [0.5, 0.6) is 0 Å². The molecule has 0 aliphatic heterocycles. The predicted octanol–water partition coefficient (Wildman–Crippen LogP) is 2.76. The number of hydrogen-bond acceptors (Lipinski definition) is 5. The van der Waals surface area contributed by atoms with E-state index in [0.717, 1.165) is 0 Å². The number of rotatable bonds is 5. The van der Waals surface area contributed by atoms with Crippen LogP contribution in [0.2, 0.25) is 0 Å². The molecule has 26 heavy (non-hydrogen) atoms.